The Morgan fingerprint density at radius 3 is 1.38 bits per heavy atom. The molecule has 2 rings (SSSR count). The zero-order valence-corrected chi connectivity index (χ0v) is 26.2. The lowest BCUT2D eigenvalue weighted by Crippen LogP contribution is -2.44. The van der Waals surface area contributed by atoms with Crippen molar-refractivity contribution in [3.8, 4) is 11.5 Å². The van der Waals surface area contributed by atoms with Crippen molar-refractivity contribution in [2.24, 2.45) is 0 Å². The van der Waals surface area contributed by atoms with Crippen LogP contribution in [0.3, 0.4) is 0 Å². The highest BCUT2D eigenvalue weighted by Crippen LogP contribution is 2.28. The minimum absolute atomic E-state index is 0.144. The summed E-state index contributed by atoms with van der Waals surface area (Å²) in [5, 5.41) is 0. The largest absolute Gasteiger partial charge is 0.496 e. The fourth-order valence-electron chi connectivity index (χ4n) is 5.00. The van der Waals surface area contributed by atoms with E-state index in [1.165, 1.54) is 11.1 Å². The van der Waals surface area contributed by atoms with Gasteiger partial charge in [0.25, 0.3) is 0 Å². The van der Waals surface area contributed by atoms with Crippen LogP contribution in [0.2, 0.25) is 38.3 Å². The van der Waals surface area contributed by atoms with Gasteiger partial charge in [-0.25, -0.2) is 0 Å². The molecule has 2 aromatic carbocycles. The molecule has 0 aliphatic rings. The highest BCUT2D eigenvalue weighted by atomic mass is 28.4. The van der Waals surface area contributed by atoms with E-state index in [1.807, 2.05) is 12.1 Å². The van der Waals surface area contributed by atoms with Gasteiger partial charge in [0, 0.05) is 24.0 Å². The van der Waals surface area contributed by atoms with Crippen LogP contribution < -0.4 is 9.47 Å². The maximum absolute atomic E-state index is 11.5. The van der Waals surface area contributed by atoms with Gasteiger partial charge in [-0.05, 0) is 101 Å². The second-order valence-electron chi connectivity index (χ2n) is 11.4. The normalized spacial score (nSPS) is 11.9. The molecule has 0 fully saturated rings. The molecule has 0 N–H and O–H groups in total. The molecule has 37 heavy (non-hydrogen) atoms. The summed E-state index contributed by atoms with van der Waals surface area (Å²) in [6.45, 7) is 12.6. The third-order valence-electron chi connectivity index (χ3n) is 6.62. The highest BCUT2D eigenvalue weighted by molar-refractivity contribution is 6.84. The molecule has 5 nitrogen and oxygen atoms in total. The summed E-state index contributed by atoms with van der Waals surface area (Å²) in [7, 11) is -0.229. The van der Waals surface area contributed by atoms with Gasteiger partial charge in [0.05, 0.1) is 14.2 Å². The summed E-state index contributed by atoms with van der Waals surface area (Å²) < 4.78 is 17.9. The van der Waals surface area contributed by atoms with E-state index in [-0.39, 0.29) is 11.6 Å². The zero-order valence-electron chi connectivity index (χ0n) is 24.2. The minimum atomic E-state index is -1.78. The first-order chi connectivity index (χ1) is 17.3. The number of aryl methyl sites for hydroxylation is 2. The standard InChI is InChI=1S/C30H46O5Si2/c1-23(31)19-27-15-13-25(21-29(27)33-3)11-9-17-36(5,6)35-37(7,8)18-10-12-26-14-16-28(20-24(2)32)30(22-26)34-4/h13-16,21-22H,9-12,17-20H2,1-8H3. The molecule has 0 heterocycles. The van der Waals surface area contributed by atoms with Crippen LogP contribution in [0.25, 0.3) is 0 Å². The predicted octanol–water partition coefficient (Wildman–Crippen LogP) is 6.96. The molecule has 0 atom stereocenters. The summed E-state index contributed by atoms with van der Waals surface area (Å²) >= 11 is 0. The molecular weight excluding hydrogens is 496 g/mol. The van der Waals surface area contributed by atoms with Gasteiger partial charge in [-0.1, -0.05) is 24.3 Å². The van der Waals surface area contributed by atoms with Gasteiger partial charge in [-0.2, -0.15) is 0 Å². The smallest absolute Gasteiger partial charge is 0.173 e. The van der Waals surface area contributed by atoms with E-state index >= 15 is 0 Å². The van der Waals surface area contributed by atoms with E-state index in [9.17, 15) is 9.59 Å². The summed E-state index contributed by atoms with van der Waals surface area (Å²) in [5.74, 6) is 1.90. The maximum Gasteiger partial charge on any atom is 0.173 e. The number of hydrogen-bond acceptors (Lipinski definition) is 5. The number of methoxy groups -OCH3 is 2. The lowest BCUT2D eigenvalue weighted by Gasteiger charge is -2.34. The molecule has 0 saturated carbocycles. The summed E-state index contributed by atoms with van der Waals surface area (Å²) in [4.78, 5) is 23.0. The van der Waals surface area contributed by atoms with Crippen molar-refractivity contribution in [1.29, 1.82) is 0 Å². The molecule has 0 spiro atoms. The highest BCUT2D eigenvalue weighted by Gasteiger charge is 2.32. The summed E-state index contributed by atoms with van der Waals surface area (Å²) in [5.41, 5.74) is 4.40. The Labute approximate surface area is 226 Å². The van der Waals surface area contributed by atoms with Crippen molar-refractivity contribution in [3.63, 3.8) is 0 Å². The molecule has 0 aliphatic carbocycles. The van der Waals surface area contributed by atoms with Crippen LogP contribution in [0.1, 0.15) is 48.9 Å². The molecule has 0 amide bonds. The number of carbonyl (C=O) groups excluding carboxylic acids is 2. The van der Waals surface area contributed by atoms with Gasteiger partial charge in [-0.3, -0.25) is 9.59 Å². The summed E-state index contributed by atoms with van der Waals surface area (Å²) in [6.07, 6.45) is 4.97. The van der Waals surface area contributed by atoms with Crippen LogP contribution in [-0.4, -0.2) is 42.4 Å². The Kier molecular flexibility index (Phi) is 11.8. The third-order valence-corrected chi connectivity index (χ3v) is 14.2. The van der Waals surface area contributed by atoms with Crippen LogP contribution in [0.15, 0.2) is 36.4 Å². The van der Waals surface area contributed by atoms with Crippen molar-refractivity contribution >= 4 is 28.2 Å². The third kappa shape index (κ3) is 11.0. The van der Waals surface area contributed by atoms with Crippen LogP contribution in [0, 0.1) is 0 Å². The average Bonchev–Trinajstić information content (AvgIpc) is 2.79. The summed E-state index contributed by atoms with van der Waals surface area (Å²) in [6, 6.07) is 14.7. The first-order valence-electron chi connectivity index (χ1n) is 13.3. The zero-order chi connectivity index (χ0) is 27.6. The second-order valence-corrected chi connectivity index (χ2v) is 20.2. The fraction of sp³-hybridized carbons (Fsp3) is 0.533. The Balaban J connectivity index is 1.85. The van der Waals surface area contributed by atoms with E-state index in [0.717, 1.165) is 60.4 Å². The van der Waals surface area contributed by atoms with Crippen LogP contribution in [0.4, 0.5) is 0 Å². The molecule has 0 unspecified atom stereocenters. The van der Waals surface area contributed by atoms with Crippen LogP contribution in [0.5, 0.6) is 11.5 Å². The van der Waals surface area contributed by atoms with Gasteiger partial charge in [0.2, 0.25) is 0 Å². The Morgan fingerprint density at radius 2 is 1.05 bits per heavy atom. The van der Waals surface area contributed by atoms with Crippen molar-refractivity contribution in [3.05, 3.63) is 58.7 Å². The Bertz CT molecular complexity index is 978. The van der Waals surface area contributed by atoms with Crippen LogP contribution in [-0.2, 0) is 39.4 Å². The molecule has 0 saturated heterocycles. The fourth-order valence-corrected chi connectivity index (χ4v) is 13.9. The number of ketones is 2. The van der Waals surface area contributed by atoms with Crippen molar-refractivity contribution in [2.75, 3.05) is 14.2 Å². The van der Waals surface area contributed by atoms with Crippen molar-refractivity contribution < 1.29 is 23.2 Å². The second kappa shape index (κ2) is 14.1. The maximum atomic E-state index is 11.5. The number of benzene rings is 2. The molecule has 0 aliphatic heterocycles. The van der Waals surface area contributed by atoms with E-state index in [0.29, 0.717) is 12.8 Å². The first-order valence-corrected chi connectivity index (χ1v) is 19.6. The van der Waals surface area contributed by atoms with E-state index in [2.05, 4.69) is 50.5 Å². The predicted molar refractivity (Wildman–Crippen MR) is 157 cm³/mol. The number of Topliss-reactive ketones (excluding diaryl/α,β-unsaturated/α-hetero) is 2. The van der Waals surface area contributed by atoms with Crippen molar-refractivity contribution in [1.82, 2.24) is 0 Å². The Morgan fingerprint density at radius 1 is 0.676 bits per heavy atom. The average molecular weight is 543 g/mol. The molecule has 204 valence electrons. The van der Waals surface area contributed by atoms with Crippen molar-refractivity contribution in [2.45, 2.75) is 90.6 Å². The topological polar surface area (TPSA) is 61.8 Å². The lowest BCUT2D eigenvalue weighted by atomic mass is 10.0. The minimum Gasteiger partial charge on any atom is -0.496 e. The van der Waals surface area contributed by atoms with Gasteiger partial charge < -0.3 is 13.6 Å². The molecule has 0 radical (unpaired) electrons. The van der Waals surface area contributed by atoms with Gasteiger partial charge in [0.1, 0.15) is 23.1 Å². The number of rotatable bonds is 16. The quantitative estimate of drug-likeness (QED) is 0.215. The number of hydrogen-bond donors (Lipinski definition) is 0. The lowest BCUT2D eigenvalue weighted by molar-refractivity contribution is -0.117. The monoisotopic (exact) mass is 542 g/mol. The van der Waals surface area contributed by atoms with Gasteiger partial charge in [0.15, 0.2) is 16.6 Å². The van der Waals surface area contributed by atoms with E-state index < -0.39 is 16.6 Å². The molecule has 0 aromatic heterocycles. The number of ether oxygens (including phenoxy) is 2. The van der Waals surface area contributed by atoms with Crippen LogP contribution >= 0.6 is 0 Å². The first kappa shape index (κ1) is 31.0. The molecule has 0 bridgehead atoms. The van der Waals surface area contributed by atoms with Gasteiger partial charge in [-0.15, -0.1) is 0 Å². The SMILES string of the molecule is COc1cc(CCC[Si](C)(C)O[Si](C)(C)CCCc2ccc(CC(C)=O)c(OC)c2)ccc1CC(C)=O. The Hall–Kier alpha value is -2.23. The van der Waals surface area contributed by atoms with Gasteiger partial charge >= 0.3 is 0 Å². The molecule has 2 aromatic rings. The van der Waals surface area contributed by atoms with E-state index in [1.54, 1.807) is 28.1 Å². The van der Waals surface area contributed by atoms with E-state index in [4.69, 9.17) is 13.6 Å². The molecular formula is C30H46O5Si2. The molecule has 7 heteroatoms. The number of carbonyl (C=O) groups is 2.